The number of hydrogen-bond donors (Lipinski definition) is 2. The van der Waals surface area contributed by atoms with Gasteiger partial charge in [0.15, 0.2) is 0 Å². The molecule has 84 valence electrons. The van der Waals surface area contributed by atoms with Crippen molar-refractivity contribution in [3.63, 3.8) is 0 Å². The molecular weight excluding hydrogens is 206 g/mol. The number of fused-ring (bicyclic) bond motifs is 1. The molecule has 4 heteroatoms. The summed E-state index contributed by atoms with van der Waals surface area (Å²) in [5, 5.41) is 12.7. The average molecular weight is 219 g/mol. The van der Waals surface area contributed by atoms with Crippen LogP contribution >= 0.6 is 0 Å². The molecule has 0 radical (unpaired) electrons. The van der Waals surface area contributed by atoms with Crippen LogP contribution in [0, 0.1) is 0 Å². The number of nitrogens with one attached hydrogen (secondary N) is 1. The zero-order valence-electron chi connectivity index (χ0n) is 8.77. The molecule has 0 saturated heterocycles. The van der Waals surface area contributed by atoms with Crippen LogP contribution in [0.15, 0.2) is 34.9 Å². The van der Waals surface area contributed by atoms with Gasteiger partial charge in [0.05, 0.1) is 5.69 Å². The van der Waals surface area contributed by atoms with E-state index < -0.39 is 5.97 Å². The molecule has 0 saturated carbocycles. The second kappa shape index (κ2) is 4.70. The first-order chi connectivity index (χ1) is 7.77. The normalized spacial score (nSPS) is 10.5. The Balaban J connectivity index is 1.97. The number of hydrogen-bond acceptors (Lipinski definition) is 3. The molecule has 0 bridgehead atoms. The van der Waals surface area contributed by atoms with E-state index in [2.05, 4.69) is 5.32 Å². The van der Waals surface area contributed by atoms with E-state index in [1.54, 1.807) is 6.26 Å². The first-order valence-corrected chi connectivity index (χ1v) is 5.19. The van der Waals surface area contributed by atoms with Crippen LogP contribution < -0.4 is 5.32 Å². The molecule has 0 aliphatic rings. The van der Waals surface area contributed by atoms with E-state index in [9.17, 15) is 4.79 Å². The second-order valence-corrected chi connectivity index (χ2v) is 3.57. The van der Waals surface area contributed by atoms with Crippen LogP contribution in [-0.4, -0.2) is 17.6 Å². The van der Waals surface area contributed by atoms with E-state index in [4.69, 9.17) is 9.52 Å². The van der Waals surface area contributed by atoms with Crippen LogP contribution in [0.25, 0.3) is 11.0 Å². The lowest BCUT2D eigenvalue weighted by Gasteiger charge is -2.01. The van der Waals surface area contributed by atoms with Crippen molar-refractivity contribution in [3.05, 3.63) is 30.5 Å². The third kappa shape index (κ3) is 2.34. The average Bonchev–Trinajstić information content (AvgIpc) is 2.68. The van der Waals surface area contributed by atoms with Gasteiger partial charge in [-0.25, -0.2) is 0 Å². The Labute approximate surface area is 92.9 Å². The highest BCUT2D eigenvalue weighted by Gasteiger charge is 2.04. The van der Waals surface area contributed by atoms with Crippen molar-refractivity contribution in [1.82, 2.24) is 0 Å². The minimum atomic E-state index is -0.765. The predicted molar refractivity (Wildman–Crippen MR) is 61.6 cm³/mol. The molecule has 16 heavy (non-hydrogen) atoms. The quantitative estimate of drug-likeness (QED) is 0.759. The molecule has 2 rings (SSSR count). The van der Waals surface area contributed by atoms with E-state index in [0.717, 1.165) is 16.7 Å². The lowest BCUT2D eigenvalue weighted by Crippen LogP contribution is -2.04. The molecule has 4 nitrogen and oxygen atoms in total. The molecule has 0 spiro atoms. The summed E-state index contributed by atoms with van der Waals surface area (Å²) < 4.78 is 5.35. The van der Waals surface area contributed by atoms with Crippen molar-refractivity contribution in [2.75, 3.05) is 11.9 Å². The van der Waals surface area contributed by atoms with E-state index in [-0.39, 0.29) is 6.42 Å². The highest BCUT2D eigenvalue weighted by Crippen LogP contribution is 2.24. The number of carboxylic acid groups (broad SMARTS) is 1. The van der Waals surface area contributed by atoms with Gasteiger partial charge in [0.25, 0.3) is 0 Å². The van der Waals surface area contributed by atoms with Crippen LogP contribution in [0.4, 0.5) is 5.69 Å². The SMILES string of the molecule is O=C(O)CCCNc1coc2ccccc12. The maximum absolute atomic E-state index is 10.3. The van der Waals surface area contributed by atoms with E-state index >= 15 is 0 Å². The second-order valence-electron chi connectivity index (χ2n) is 3.57. The number of carboxylic acids is 1. The monoisotopic (exact) mass is 219 g/mol. The number of furan rings is 1. The fourth-order valence-electron chi connectivity index (χ4n) is 1.58. The molecule has 0 atom stereocenters. The molecule has 0 fully saturated rings. The van der Waals surface area contributed by atoms with Crippen LogP contribution in [0.2, 0.25) is 0 Å². The summed E-state index contributed by atoms with van der Waals surface area (Å²) in [4.78, 5) is 10.3. The van der Waals surface area contributed by atoms with Gasteiger partial charge in [-0.2, -0.15) is 0 Å². The predicted octanol–water partition coefficient (Wildman–Crippen LogP) is 2.71. The van der Waals surface area contributed by atoms with Gasteiger partial charge in [0.2, 0.25) is 0 Å². The van der Waals surface area contributed by atoms with E-state index in [1.807, 2.05) is 24.3 Å². The van der Waals surface area contributed by atoms with Crippen LogP contribution in [-0.2, 0) is 4.79 Å². The summed E-state index contributed by atoms with van der Waals surface area (Å²) in [5.74, 6) is -0.765. The molecule has 0 aliphatic carbocycles. The number of benzene rings is 1. The highest BCUT2D eigenvalue weighted by molar-refractivity contribution is 5.90. The van der Waals surface area contributed by atoms with Crippen molar-refractivity contribution in [1.29, 1.82) is 0 Å². The van der Waals surface area contributed by atoms with Crippen molar-refractivity contribution < 1.29 is 14.3 Å². The fraction of sp³-hybridized carbons (Fsp3) is 0.250. The molecule has 2 N–H and O–H groups in total. The maximum atomic E-state index is 10.3. The summed E-state index contributed by atoms with van der Waals surface area (Å²) in [6.45, 7) is 0.635. The third-order valence-electron chi connectivity index (χ3n) is 2.36. The topological polar surface area (TPSA) is 62.5 Å². The van der Waals surface area contributed by atoms with Gasteiger partial charge < -0.3 is 14.8 Å². The van der Waals surface area contributed by atoms with Gasteiger partial charge in [-0.1, -0.05) is 12.1 Å². The Morgan fingerprint density at radius 3 is 3.00 bits per heavy atom. The van der Waals surface area contributed by atoms with Gasteiger partial charge >= 0.3 is 5.97 Å². The maximum Gasteiger partial charge on any atom is 0.303 e. The third-order valence-corrected chi connectivity index (χ3v) is 2.36. The molecule has 0 amide bonds. The first-order valence-electron chi connectivity index (χ1n) is 5.19. The number of carbonyl (C=O) groups is 1. The molecule has 1 aromatic carbocycles. The Morgan fingerprint density at radius 1 is 1.38 bits per heavy atom. The summed E-state index contributed by atoms with van der Waals surface area (Å²) in [5.41, 5.74) is 1.75. The summed E-state index contributed by atoms with van der Waals surface area (Å²) in [7, 11) is 0. The Morgan fingerprint density at radius 2 is 2.19 bits per heavy atom. The van der Waals surface area contributed by atoms with Crippen molar-refractivity contribution in [3.8, 4) is 0 Å². The van der Waals surface area contributed by atoms with E-state index in [1.165, 1.54) is 0 Å². The van der Waals surface area contributed by atoms with Gasteiger partial charge in [-0.05, 0) is 18.6 Å². The molecule has 1 aromatic heterocycles. The molecule has 0 unspecified atom stereocenters. The number of aliphatic carboxylic acids is 1. The minimum absolute atomic E-state index is 0.183. The van der Waals surface area contributed by atoms with E-state index in [0.29, 0.717) is 13.0 Å². The van der Waals surface area contributed by atoms with Crippen molar-refractivity contribution >= 4 is 22.6 Å². The van der Waals surface area contributed by atoms with Crippen LogP contribution in [0.3, 0.4) is 0 Å². The lowest BCUT2D eigenvalue weighted by atomic mass is 10.2. The molecule has 2 aromatic rings. The lowest BCUT2D eigenvalue weighted by molar-refractivity contribution is -0.137. The standard InChI is InChI=1S/C12H13NO3/c14-12(15)6-3-7-13-10-8-16-11-5-2-1-4-9(10)11/h1-2,4-5,8,13H,3,6-7H2,(H,14,15). The zero-order valence-corrected chi connectivity index (χ0v) is 8.77. The van der Waals surface area contributed by atoms with Gasteiger partial charge in [-0.15, -0.1) is 0 Å². The van der Waals surface area contributed by atoms with Crippen molar-refractivity contribution in [2.45, 2.75) is 12.8 Å². The Hall–Kier alpha value is -1.97. The van der Waals surface area contributed by atoms with Crippen LogP contribution in [0.5, 0.6) is 0 Å². The Bertz CT molecular complexity index is 490. The fourth-order valence-corrected chi connectivity index (χ4v) is 1.58. The summed E-state index contributed by atoms with van der Waals surface area (Å²) in [6.07, 6.45) is 2.45. The van der Waals surface area contributed by atoms with Gasteiger partial charge in [0, 0.05) is 18.4 Å². The summed E-state index contributed by atoms with van der Waals surface area (Å²) >= 11 is 0. The zero-order chi connectivity index (χ0) is 11.4. The van der Waals surface area contributed by atoms with Gasteiger partial charge in [-0.3, -0.25) is 4.79 Å². The first kappa shape index (κ1) is 10.5. The summed E-state index contributed by atoms with van der Waals surface area (Å²) in [6, 6.07) is 7.73. The minimum Gasteiger partial charge on any atom is -0.481 e. The smallest absolute Gasteiger partial charge is 0.303 e. The van der Waals surface area contributed by atoms with Gasteiger partial charge in [0.1, 0.15) is 11.8 Å². The largest absolute Gasteiger partial charge is 0.481 e. The number of anilines is 1. The number of para-hydroxylation sites is 1. The van der Waals surface area contributed by atoms with Crippen LogP contribution in [0.1, 0.15) is 12.8 Å². The Kier molecular flexibility index (Phi) is 3.10. The molecule has 1 heterocycles. The number of rotatable bonds is 5. The highest BCUT2D eigenvalue weighted by atomic mass is 16.4. The molecular formula is C12H13NO3. The van der Waals surface area contributed by atoms with Crippen molar-refractivity contribution in [2.24, 2.45) is 0 Å². The molecule has 0 aliphatic heterocycles.